The highest BCUT2D eigenvalue weighted by Gasteiger charge is 2.38. The van der Waals surface area contributed by atoms with E-state index in [1.54, 1.807) is 19.0 Å². The zero-order chi connectivity index (χ0) is 17.9. The van der Waals surface area contributed by atoms with Crippen LogP contribution in [0.3, 0.4) is 0 Å². The minimum absolute atomic E-state index is 0.00445. The van der Waals surface area contributed by atoms with Gasteiger partial charge in [-0.15, -0.1) is 0 Å². The Hall–Kier alpha value is -2.36. The highest BCUT2D eigenvalue weighted by molar-refractivity contribution is 6.02. The highest BCUT2D eigenvalue weighted by Crippen LogP contribution is 2.44. The predicted octanol–water partition coefficient (Wildman–Crippen LogP) is 4.21. The molecule has 0 aromatic heterocycles. The molecule has 0 bridgehead atoms. The summed E-state index contributed by atoms with van der Waals surface area (Å²) in [6, 6.07) is 14.0. The van der Waals surface area contributed by atoms with Crippen molar-refractivity contribution in [1.82, 2.24) is 4.90 Å². The molecule has 1 fully saturated rings. The molecule has 1 aliphatic carbocycles. The third kappa shape index (κ3) is 4.01. The summed E-state index contributed by atoms with van der Waals surface area (Å²) in [6.45, 7) is 0. The number of rotatable bonds is 5. The van der Waals surface area contributed by atoms with Crippen LogP contribution in [0.4, 0.5) is 5.69 Å². The van der Waals surface area contributed by atoms with Gasteiger partial charge in [-0.05, 0) is 29.7 Å². The number of hydrogen-bond acceptors (Lipinski definition) is 2. The standard InChI is InChI=1S/C21H26N2O2/c1-23(2)20(25)15-21(12-5-6-13-21)14-19(24)22-18-11-7-9-16-8-3-4-10-17(16)18/h3-4,7-11H,5-6,12-15H2,1-2H3,(H,22,24). The number of fused-ring (bicyclic) bond motifs is 1. The van der Waals surface area contributed by atoms with E-state index in [1.807, 2.05) is 42.5 Å². The number of anilines is 1. The van der Waals surface area contributed by atoms with E-state index in [-0.39, 0.29) is 17.2 Å². The number of nitrogens with zero attached hydrogens (tertiary/aromatic N) is 1. The fourth-order valence-electron chi connectivity index (χ4n) is 3.89. The number of benzene rings is 2. The van der Waals surface area contributed by atoms with E-state index >= 15 is 0 Å². The predicted molar refractivity (Wildman–Crippen MR) is 101 cm³/mol. The van der Waals surface area contributed by atoms with Crippen LogP contribution in [0, 0.1) is 5.41 Å². The minimum Gasteiger partial charge on any atom is -0.349 e. The fourth-order valence-corrected chi connectivity index (χ4v) is 3.89. The van der Waals surface area contributed by atoms with Crippen molar-refractivity contribution < 1.29 is 9.59 Å². The lowest BCUT2D eigenvalue weighted by atomic mass is 9.78. The lowest BCUT2D eigenvalue weighted by molar-refractivity contribution is -0.131. The smallest absolute Gasteiger partial charge is 0.224 e. The number of carbonyl (C=O) groups is 2. The van der Waals surface area contributed by atoms with E-state index in [9.17, 15) is 9.59 Å². The molecule has 0 atom stereocenters. The van der Waals surface area contributed by atoms with Crippen molar-refractivity contribution in [2.45, 2.75) is 38.5 Å². The first kappa shape index (κ1) is 17.5. The van der Waals surface area contributed by atoms with Gasteiger partial charge in [0.05, 0.1) is 0 Å². The van der Waals surface area contributed by atoms with Gasteiger partial charge in [-0.3, -0.25) is 9.59 Å². The SMILES string of the molecule is CN(C)C(=O)CC1(CC(=O)Nc2cccc3ccccc23)CCCC1. The van der Waals surface area contributed by atoms with Gasteiger partial charge in [0.15, 0.2) is 0 Å². The molecule has 1 aliphatic rings. The van der Waals surface area contributed by atoms with Gasteiger partial charge in [-0.2, -0.15) is 0 Å². The Kier molecular flexibility index (Phi) is 5.07. The second-order valence-corrected chi connectivity index (χ2v) is 7.42. The van der Waals surface area contributed by atoms with Crippen LogP contribution in [0.15, 0.2) is 42.5 Å². The summed E-state index contributed by atoms with van der Waals surface area (Å²) in [4.78, 5) is 26.6. The van der Waals surface area contributed by atoms with Crippen LogP contribution in [0.1, 0.15) is 38.5 Å². The largest absolute Gasteiger partial charge is 0.349 e. The highest BCUT2D eigenvalue weighted by atomic mass is 16.2. The maximum absolute atomic E-state index is 12.7. The van der Waals surface area contributed by atoms with Gasteiger partial charge in [0.25, 0.3) is 0 Å². The summed E-state index contributed by atoms with van der Waals surface area (Å²) in [5.41, 5.74) is 0.658. The first-order chi connectivity index (χ1) is 12.0. The summed E-state index contributed by atoms with van der Waals surface area (Å²) >= 11 is 0. The molecule has 2 aromatic carbocycles. The van der Waals surface area contributed by atoms with Gasteiger partial charge in [0.2, 0.25) is 11.8 Å². The van der Waals surface area contributed by atoms with Crippen molar-refractivity contribution in [3.63, 3.8) is 0 Å². The summed E-state index contributed by atoms with van der Waals surface area (Å²) in [5, 5.41) is 5.23. The van der Waals surface area contributed by atoms with Crippen LogP contribution >= 0.6 is 0 Å². The van der Waals surface area contributed by atoms with Gasteiger partial charge in [0, 0.05) is 38.0 Å². The summed E-state index contributed by atoms with van der Waals surface area (Å²) < 4.78 is 0. The Morgan fingerprint density at radius 3 is 2.40 bits per heavy atom. The van der Waals surface area contributed by atoms with Gasteiger partial charge in [0.1, 0.15) is 0 Å². The van der Waals surface area contributed by atoms with E-state index in [1.165, 1.54) is 0 Å². The summed E-state index contributed by atoms with van der Waals surface area (Å²) in [6.07, 6.45) is 4.98. The molecule has 0 saturated heterocycles. The Labute approximate surface area is 149 Å². The molecule has 4 nitrogen and oxygen atoms in total. The van der Waals surface area contributed by atoms with Gasteiger partial charge in [-0.25, -0.2) is 0 Å². The lowest BCUT2D eigenvalue weighted by Crippen LogP contribution is -2.32. The number of nitrogens with one attached hydrogen (secondary N) is 1. The first-order valence-corrected chi connectivity index (χ1v) is 8.97. The molecule has 1 saturated carbocycles. The van der Waals surface area contributed by atoms with Crippen LogP contribution < -0.4 is 5.32 Å². The lowest BCUT2D eigenvalue weighted by Gasteiger charge is -2.29. The quantitative estimate of drug-likeness (QED) is 0.888. The van der Waals surface area contributed by atoms with Crippen LogP contribution in [0.2, 0.25) is 0 Å². The monoisotopic (exact) mass is 338 g/mol. The molecule has 0 heterocycles. The van der Waals surface area contributed by atoms with E-state index in [2.05, 4.69) is 5.32 Å². The van der Waals surface area contributed by atoms with E-state index in [0.717, 1.165) is 42.1 Å². The number of amides is 2. The van der Waals surface area contributed by atoms with Gasteiger partial charge < -0.3 is 10.2 Å². The molecular formula is C21H26N2O2. The maximum atomic E-state index is 12.7. The van der Waals surface area contributed by atoms with Crippen molar-refractivity contribution in [3.05, 3.63) is 42.5 Å². The van der Waals surface area contributed by atoms with Crippen molar-refractivity contribution in [1.29, 1.82) is 0 Å². The molecular weight excluding hydrogens is 312 g/mol. The van der Waals surface area contributed by atoms with Crippen molar-refractivity contribution >= 4 is 28.3 Å². The second kappa shape index (κ2) is 7.26. The average molecular weight is 338 g/mol. The normalized spacial score (nSPS) is 15.9. The van der Waals surface area contributed by atoms with Crippen LogP contribution in [-0.2, 0) is 9.59 Å². The van der Waals surface area contributed by atoms with E-state index < -0.39 is 0 Å². The molecule has 25 heavy (non-hydrogen) atoms. The molecule has 132 valence electrons. The van der Waals surface area contributed by atoms with Crippen molar-refractivity contribution in [2.24, 2.45) is 5.41 Å². The number of carbonyl (C=O) groups excluding carboxylic acids is 2. The van der Waals surface area contributed by atoms with Crippen LogP contribution in [0.5, 0.6) is 0 Å². The Morgan fingerprint density at radius 2 is 1.68 bits per heavy atom. The summed E-state index contributed by atoms with van der Waals surface area (Å²) in [5.74, 6) is 0.115. The topological polar surface area (TPSA) is 49.4 Å². The molecule has 2 amide bonds. The molecule has 0 aliphatic heterocycles. The van der Waals surface area contributed by atoms with Crippen molar-refractivity contribution in [3.8, 4) is 0 Å². The Morgan fingerprint density at radius 1 is 1.00 bits per heavy atom. The fraction of sp³-hybridized carbons (Fsp3) is 0.429. The molecule has 4 heteroatoms. The van der Waals surface area contributed by atoms with Gasteiger partial charge >= 0.3 is 0 Å². The first-order valence-electron chi connectivity index (χ1n) is 8.97. The van der Waals surface area contributed by atoms with Crippen molar-refractivity contribution in [2.75, 3.05) is 19.4 Å². The van der Waals surface area contributed by atoms with Gasteiger partial charge in [-0.1, -0.05) is 49.2 Å². The van der Waals surface area contributed by atoms with Crippen LogP contribution in [-0.4, -0.2) is 30.8 Å². The molecule has 2 aromatic rings. The Bertz CT molecular complexity index is 771. The number of hydrogen-bond donors (Lipinski definition) is 1. The molecule has 0 unspecified atom stereocenters. The zero-order valence-corrected chi connectivity index (χ0v) is 15.0. The molecule has 1 N–H and O–H groups in total. The third-order valence-corrected chi connectivity index (χ3v) is 5.29. The molecule has 0 radical (unpaired) electrons. The zero-order valence-electron chi connectivity index (χ0n) is 15.0. The average Bonchev–Trinajstić information content (AvgIpc) is 3.03. The minimum atomic E-state index is -0.185. The van der Waals surface area contributed by atoms with Crippen LogP contribution in [0.25, 0.3) is 10.8 Å². The van der Waals surface area contributed by atoms with E-state index in [0.29, 0.717) is 12.8 Å². The third-order valence-electron chi connectivity index (χ3n) is 5.29. The maximum Gasteiger partial charge on any atom is 0.224 e. The van der Waals surface area contributed by atoms with E-state index in [4.69, 9.17) is 0 Å². The Balaban J connectivity index is 1.75. The summed E-state index contributed by atoms with van der Waals surface area (Å²) in [7, 11) is 3.56. The second-order valence-electron chi connectivity index (χ2n) is 7.42. The molecule has 0 spiro atoms. The molecule has 3 rings (SSSR count).